The molecule has 0 aliphatic rings. The third kappa shape index (κ3) is 7.73. The van der Waals surface area contributed by atoms with Crippen molar-refractivity contribution in [2.45, 2.75) is 65.1 Å². The Labute approximate surface area is 92.5 Å². The molecule has 0 fully saturated rings. The minimum atomic E-state index is -1.40. The summed E-state index contributed by atoms with van der Waals surface area (Å²) in [5.74, 6) is 0. The fraction of sp³-hybridized carbons (Fsp3) is 1.00. The minimum Gasteiger partial charge on any atom is -0.455 e. The van der Waals surface area contributed by atoms with E-state index in [-0.39, 0.29) is 5.22 Å². The lowest BCUT2D eigenvalue weighted by Gasteiger charge is -2.30. The van der Waals surface area contributed by atoms with Crippen molar-refractivity contribution in [3.05, 3.63) is 0 Å². The third-order valence-electron chi connectivity index (χ3n) is 1.67. The first-order valence-electron chi connectivity index (χ1n) is 5.29. The van der Waals surface area contributed by atoms with E-state index in [1.807, 2.05) is 0 Å². The first-order chi connectivity index (χ1) is 6.16. The number of hydrogen-bond donors (Lipinski definition) is 0. The molecular weight excluding hydrogens is 208 g/mol. The summed E-state index contributed by atoms with van der Waals surface area (Å²) < 4.78 is 11.8. The van der Waals surface area contributed by atoms with Gasteiger partial charge in [0.15, 0.2) is 8.32 Å². The normalized spacial score (nSPS) is 15.6. The minimum absolute atomic E-state index is 0.129. The maximum absolute atomic E-state index is 5.89. The molecule has 0 aliphatic heterocycles. The predicted octanol–water partition coefficient (Wildman–Crippen LogP) is 3.01. The average Bonchev–Trinajstić information content (AvgIpc) is 1.99. The van der Waals surface area contributed by atoms with Crippen LogP contribution in [-0.2, 0) is 8.85 Å². The molecule has 84 valence electrons. The van der Waals surface area contributed by atoms with Crippen LogP contribution in [0.15, 0.2) is 0 Å². The molecule has 0 aromatic rings. The second-order valence-electron chi connectivity index (χ2n) is 5.16. The van der Waals surface area contributed by atoms with Crippen LogP contribution in [0.2, 0.25) is 19.6 Å². The maximum atomic E-state index is 5.89. The predicted molar refractivity (Wildman–Crippen MR) is 65.1 cm³/mol. The molecule has 2 radical (unpaired) electrons. The van der Waals surface area contributed by atoms with Crippen molar-refractivity contribution in [1.29, 1.82) is 0 Å². The van der Waals surface area contributed by atoms with Crippen molar-refractivity contribution in [2.75, 3.05) is 0 Å². The lowest BCUT2D eigenvalue weighted by molar-refractivity contribution is -0.0185. The molecule has 0 spiro atoms. The summed E-state index contributed by atoms with van der Waals surface area (Å²) >= 11 is 0. The molecule has 0 saturated carbocycles. The van der Waals surface area contributed by atoms with Gasteiger partial charge in [-0.3, -0.25) is 0 Å². The van der Waals surface area contributed by atoms with Gasteiger partial charge in [0.05, 0.1) is 11.3 Å². The molecule has 1 unspecified atom stereocenters. The van der Waals surface area contributed by atoms with Crippen LogP contribution in [0.5, 0.6) is 0 Å². The maximum Gasteiger partial charge on any atom is 0.252 e. The SMILES string of the molecule is CCC(C)OC(C)(C)[Si]O[Si](C)(C)C. The van der Waals surface area contributed by atoms with Gasteiger partial charge in [-0.1, -0.05) is 6.92 Å². The molecule has 0 N–H and O–H groups in total. The molecule has 0 aromatic carbocycles. The van der Waals surface area contributed by atoms with E-state index in [1.54, 1.807) is 0 Å². The molecule has 4 heteroatoms. The highest BCUT2D eigenvalue weighted by Crippen LogP contribution is 2.15. The Bertz CT molecular complexity index is 164. The third-order valence-corrected chi connectivity index (χ3v) is 5.14. The number of rotatable bonds is 6. The Morgan fingerprint density at radius 3 is 2.14 bits per heavy atom. The van der Waals surface area contributed by atoms with Gasteiger partial charge in [0, 0.05) is 0 Å². The molecule has 2 nitrogen and oxygen atoms in total. The van der Waals surface area contributed by atoms with Crippen LogP contribution in [0.1, 0.15) is 34.1 Å². The molecule has 0 aromatic heterocycles. The summed E-state index contributed by atoms with van der Waals surface area (Å²) in [7, 11) is -0.950. The highest BCUT2D eigenvalue weighted by molar-refractivity contribution is 6.74. The molecule has 0 aliphatic carbocycles. The van der Waals surface area contributed by atoms with Gasteiger partial charge in [0.2, 0.25) is 0 Å². The summed E-state index contributed by atoms with van der Waals surface area (Å²) in [6, 6.07) is 0. The van der Waals surface area contributed by atoms with E-state index in [0.29, 0.717) is 15.9 Å². The van der Waals surface area contributed by atoms with Crippen molar-refractivity contribution in [3.8, 4) is 0 Å². The summed E-state index contributed by atoms with van der Waals surface area (Å²) in [4.78, 5) is 0. The van der Waals surface area contributed by atoms with E-state index in [4.69, 9.17) is 8.85 Å². The first kappa shape index (κ1) is 14.4. The van der Waals surface area contributed by atoms with E-state index in [1.165, 1.54) is 0 Å². The lowest BCUT2D eigenvalue weighted by Crippen LogP contribution is -2.42. The second-order valence-corrected chi connectivity index (χ2v) is 11.6. The first-order valence-corrected chi connectivity index (χ1v) is 9.61. The van der Waals surface area contributed by atoms with Crippen LogP contribution >= 0.6 is 0 Å². The zero-order valence-corrected chi connectivity index (χ0v) is 12.6. The molecule has 0 rings (SSSR count). The van der Waals surface area contributed by atoms with Gasteiger partial charge >= 0.3 is 0 Å². The van der Waals surface area contributed by atoms with E-state index in [9.17, 15) is 0 Å². The van der Waals surface area contributed by atoms with Crippen molar-refractivity contribution < 1.29 is 8.85 Å². The molecule has 1 atom stereocenters. The number of hydrogen-bond acceptors (Lipinski definition) is 2. The smallest absolute Gasteiger partial charge is 0.252 e. The van der Waals surface area contributed by atoms with E-state index >= 15 is 0 Å². The molecule has 14 heavy (non-hydrogen) atoms. The zero-order chi connectivity index (χ0) is 11.4. The standard InChI is InChI=1S/C10H24O2Si2/c1-8-9(2)11-10(3,4)13-12-14(5,6)7/h9H,8H2,1-7H3. The van der Waals surface area contributed by atoms with E-state index in [2.05, 4.69) is 47.3 Å². The van der Waals surface area contributed by atoms with Gasteiger partial charge in [-0.25, -0.2) is 0 Å². The highest BCUT2D eigenvalue weighted by Gasteiger charge is 2.27. The van der Waals surface area contributed by atoms with E-state index < -0.39 is 8.32 Å². The molecule has 0 heterocycles. The summed E-state index contributed by atoms with van der Waals surface area (Å²) in [5.41, 5.74) is 0. The van der Waals surface area contributed by atoms with E-state index in [0.717, 1.165) is 6.42 Å². The monoisotopic (exact) mass is 232 g/mol. The van der Waals surface area contributed by atoms with Gasteiger partial charge in [-0.05, 0) is 46.8 Å². The van der Waals surface area contributed by atoms with Crippen molar-refractivity contribution in [3.63, 3.8) is 0 Å². The fourth-order valence-electron chi connectivity index (χ4n) is 0.886. The Kier molecular flexibility index (Phi) is 5.58. The van der Waals surface area contributed by atoms with Crippen LogP contribution in [-0.4, -0.2) is 29.4 Å². The van der Waals surface area contributed by atoms with Gasteiger partial charge in [0.1, 0.15) is 0 Å². The van der Waals surface area contributed by atoms with Gasteiger partial charge in [-0.15, -0.1) is 0 Å². The van der Waals surface area contributed by atoms with Crippen LogP contribution < -0.4 is 0 Å². The quantitative estimate of drug-likeness (QED) is 0.656. The second kappa shape index (κ2) is 5.44. The summed E-state index contributed by atoms with van der Waals surface area (Å²) in [5, 5.41) is -0.129. The molecule has 0 amide bonds. The Morgan fingerprint density at radius 1 is 1.29 bits per heavy atom. The average molecular weight is 232 g/mol. The lowest BCUT2D eigenvalue weighted by atomic mass is 10.3. The zero-order valence-electron chi connectivity index (χ0n) is 10.6. The molecular formula is C10H24O2Si2. The summed E-state index contributed by atoms with van der Waals surface area (Å²) in [6.07, 6.45) is 1.38. The molecule has 0 saturated heterocycles. The Balaban J connectivity index is 3.95. The fourth-order valence-corrected chi connectivity index (χ4v) is 3.34. The van der Waals surface area contributed by atoms with Crippen LogP contribution in [0.25, 0.3) is 0 Å². The van der Waals surface area contributed by atoms with Crippen LogP contribution in [0.4, 0.5) is 0 Å². The van der Waals surface area contributed by atoms with Gasteiger partial charge < -0.3 is 8.85 Å². The number of ether oxygens (including phenoxy) is 1. The van der Waals surface area contributed by atoms with Crippen molar-refractivity contribution >= 4 is 18.1 Å². The largest absolute Gasteiger partial charge is 0.455 e. The van der Waals surface area contributed by atoms with Crippen molar-refractivity contribution in [2.24, 2.45) is 0 Å². The van der Waals surface area contributed by atoms with Crippen LogP contribution in [0, 0.1) is 0 Å². The van der Waals surface area contributed by atoms with Gasteiger partial charge in [0.25, 0.3) is 9.76 Å². The molecule has 0 bridgehead atoms. The van der Waals surface area contributed by atoms with Gasteiger partial charge in [-0.2, -0.15) is 0 Å². The Morgan fingerprint density at radius 2 is 1.79 bits per heavy atom. The highest BCUT2D eigenvalue weighted by atomic mass is 28.4. The van der Waals surface area contributed by atoms with Crippen LogP contribution in [0.3, 0.4) is 0 Å². The Hall–Kier alpha value is 0.354. The summed E-state index contributed by atoms with van der Waals surface area (Å²) in [6.45, 7) is 15.1. The van der Waals surface area contributed by atoms with Crippen molar-refractivity contribution in [1.82, 2.24) is 0 Å². The topological polar surface area (TPSA) is 18.5 Å².